The van der Waals surface area contributed by atoms with Crippen molar-refractivity contribution in [2.24, 2.45) is 11.7 Å². The first kappa shape index (κ1) is 16.7. The maximum absolute atomic E-state index is 12.0. The highest BCUT2D eigenvalue weighted by molar-refractivity contribution is 7.16. The second kappa shape index (κ2) is 8.01. The molecule has 1 heterocycles. The van der Waals surface area contributed by atoms with Gasteiger partial charge in [-0.1, -0.05) is 20.8 Å². The molecule has 112 valence electrons. The minimum atomic E-state index is -0.189. The standard InChI is InChI=1S/C14H23N3O2S/c1-4-10-8-11(13(19)16-6-5-15)14(20-10)17-12(18)7-9(2)3/h8-9H,4-7,15H2,1-3H3,(H,16,19)(H,17,18). The van der Waals surface area contributed by atoms with Gasteiger partial charge in [-0.25, -0.2) is 0 Å². The minimum absolute atomic E-state index is 0.0580. The lowest BCUT2D eigenvalue weighted by molar-refractivity contribution is -0.116. The average molecular weight is 297 g/mol. The summed E-state index contributed by atoms with van der Waals surface area (Å²) in [7, 11) is 0. The molecule has 0 aromatic carbocycles. The summed E-state index contributed by atoms with van der Waals surface area (Å²) >= 11 is 1.45. The summed E-state index contributed by atoms with van der Waals surface area (Å²) in [6.07, 6.45) is 1.28. The second-order valence-corrected chi connectivity index (χ2v) is 6.14. The minimum Gasteiger partial charge on any atom is -0.351 e. The van der Waals surface area contributed by atoms with E-state index in [0.717, 1.165) is 11.3 Å². The lowest BCUT2D eigenvalue weighted by Crippen LogP contribution is -2.29. The number of carbonyl (C=O) groups excluding carboxylic acids is 2. The van der Waals surface area contributed by atoms with Gasteiger partial charge in [-0.3, -0.25) is 9.59 Å². The molecule has 0 radical (unpaired) electrons. The fraction of sp³-hybridized carbons (Fsp3) is 0.571. The van der Waals surface area contributed by atoms with Crippen molar-refractivity contribution in [3.05, 3.63) is 16.5 Å². The summed E-state index contributed by atoms with van der Waals surface area (Å²) in [5.41, 5.74) is 5.90. The third kappa shape index (κ3) is 4.94. The molecular formula is C14H23N3O2S. The molecule has 0 aliphatic heterocycles. The molecule has 1 rings (SSSR count). The molecule has 0 bridgehead atoms. The van der Waals surface area contributed by atoms with Crippen molar-refractivity contribution in [3.8, 4) is 0 Å². The van der Waals surface area contributed by atoms with Gasteiger partial charge in [0.15, 0.2) is 0 Å². The second-order valence-electron chi connectivity index (χ2n) is 5.00. The molecule has 0 saturated heterocycles. The third-order valence-corrected chi connectivity index (χ3v) is 3.85. The Morgan fingerprint density at radius 2 is 2.10 bits per heavy atom. The maximum atomic E-state index is 12.0. The molecule has 5 nitrogen and oxygen atoms in total. The van der Waals surface area contributed by atoms with Crippen LogP contribution in [0, 0.1) is 5.92 Å². The molecule has 6 heteroatoms. The zero-order valence-corrected chi connectivity index (χ0v) is 13.1. The highest BCUT2D eigenvalue weighted by Gasteiger charge is 2.17. The van der Waals surface area contributed by atoms with Crippen molar-refractivity contribution in [2.45, 2.75) is 33.6 Å². The number of aryl methyl sites for hydroxylation is 1. The molecule has 0 unspecified atom stereocenters. The van der Waals surface area contributed by atoms with Crippen molar-refractivity contribution in [1.82, 2.24) is 5.32 Å². The monoisotopic (exact) mass is 297 g/mol. The zero-order chi connectivity index (χ0) is 15.1. The smallest absolute Gasteiger partial charge is 0.254 e. The lowest BCUT2D eigenvalue weighted by atomic mass is 10.1. The fourth-order valence-electron chi connectivity index (χ4n) is 1.71. The van der Waals surface area contributed by atoms with Crippen molar-refractivity contribution in [1.29, 1.82) is 0 Å². The molecule has 20 heavy (non-hydrogen) atoms. The van der Waals surface area contributed by atoms with Crippen LogP contribution >= 0.6 is 11.3 Å². The highest BCUT2D eigenvalue weighted by Crippen LogP contribution is 2.29. The van der Waals surface area contributed by atoms with Gasteiger partial charge in [-0.05, 0) is 18.4 Å². The third-order valence-electron chi connectivity index (χ3n) is 2.65. The van der Waals surface area contributed by atoms with Gasteiger partial charge in [0.25, 0.3) is 5.91 Å². The molecule has 0 saturated carbocycles. The Balaban J connectivity index is 2.85. The molecular weight excluding hydrogens is 274 g/mol. The van der Waals surface area contributed by atoms with E-state index < -0.39 is 0 Å². The highest BCUT2D eigenvalue weighted by atomic mass is 32.1. The Morgan fingerprint density at radius 3 is 2.65 bits per heavy atom. The number of amides is 2. The van der Waals surface area contributed by atoms with E-state index in [4.69, 9.17) is 5.73 Å². The molecule has 0 atom stereocenters. The normalized spacial score (nSPS) is 10.7. The van der Waals surface area contributed by atoms with Crippen LogP contribution in [-0.4, -0.2) is 24.9 Å². The van der Waals surface area contributed by atoms with Crippen LogP contribution in [0.15, 0.2) is 6.07 Å². The number of thiophene rings is 1. The summed E-state index contributed by atoms with van der Waals surface area (Å²) in [5.74, 6) is 0.0405. The lowest BCUT2D eigenvalue weighted by Gasteiger charge is -2.08. The summed E-state index contributed by atoms with van der Waals surface area (Å²) in [4.78, 5) is 25.0. The number of nitrogens with one attached hydrogen (secondary N) is 2. The number of hydrogen-bond donors (Lipinski definition) is 3. The molecule has 4 N–H and O–H groups in total. The van der Waals surface area contributed by atoms with Gasteiger partial charge in [-0.15, -0.1) is 11.3 Å². The van der Waals surface area contributed by atoms with Crippen LogP contribution in [0.25, 0.3) is 0 Å². The van der Waals surface area contributed by atoms with Gasteiger partial charge in [0.2, 0.25) is 5.91 Å². The summed E-state index contributed by atoms with van der Waals surface area (Å²) in [5, 5.41) is 6.20. The first-order valence-corrected chi connectivity index (χ1v) is 7.70. The molecule has 0 aliphatic rings. The topological polar surface area (TPSA) is 84.2 Å². The Labute approximate surface area is 123 Å². The number of nitrogens with two attached hydrogens (primary N) is 1. The molecule has 0 spiro atoms. The fourth-order valence-corrected chi connectivity index (χ4v) is 2.72. The molecule has 0 aliphatic carbocycles. The summed E-state index contributed by atoms with van der Waals surface area (Å²) < 4.78 is 0. The zero-order valence-electron chi connectivity index (χ0n) is 12.3. The SMILES string of the molecule is CCc1cc(C(=O)NCCN)c(NC(=O)CC(C)C)s1. The van der Waals surface area contributed by atoms with E-state index in [-0.39, 0.29) is 17.7 Å². The molecule has 1 aromatic rings. The van der Waals surface area contributed by atoms with E-state index >= 15 is 0 Å². The molecule has 2 amide bonds. The first-order chi connectivity index (χ1) is 9.47. The quantitative estimate of drug-likeness (QED) is 0.719. The molecule has 1 aromatic heterocycles. The Morgan fingerprint density at radius 1 is 1.40 bits per heavy atom. The Kier molecular flexibility index (Phi) is 6.67. The number of anilines is 1. The van der Waals surface area contributed by atoms with Gasteiger partial charge >= 0.3 is 0 Å². The Hall–Kier alpha value is -1.40. The van der Waals surface area contributed by atoms with Gasteiger partial charge < -0.3 is 16.4 Å². The predicted molar refractivity (Wildman–Crippen MR) is 83.2 cm³/mol. The van der Waals surface area contributed by atoms with Crippen LogP contribution in [0.5, 0.6) is 0 Å². The van der Waals surface area contributed by atoms with E-state index in [1.807, 2.05) is 26.8 Å². The largest absolute Gasteiger partial charge is 0.351 e. The van der Waals surface area contributed by atoms with E-state index in [2.05, 4.69) is 10.6 Å². The van der Waals surface area contributed by atoms with Crippen molar-refractivity contribution in [3.63, 3.8) is 0 Å². The van der Waals surface area contributed by atoms with Crippen molar-refractivity contribution in [2.75, 3.05) is 18.4 Å². The number of rotatable bonds is 7. The first-order valence-electron chi connectivity index (χ1n) is 6.88. The van der Waals surface area contributed by atoms with Crippen molar-refractivity contribution >= 4 is 28.2 Å². The van der Waals surface area contributed by atoms with Gasteiger partial charge in [-0.2, -0.15) is 0 Å². The maximum Gasteiger partial charge on any atom is 0.254 e. The van der Waals surface area contributed by atoms with E-state index in [9.17, 15) is 9.59 Å². The number of hydrogen-bond acceptors (Lipinski definition) is 4. The van der Waals surface area contributed by atoms with Crippen LogP contribution in [0.3, 0.4) is 0 Å². The van der Waals surface area contributed by atoms with E-state index in [0.29, 0.717) is 30.1 Å². The van der Waals surface area contributed by atoms with Crippen LogP contribution < -0.4 is 16.4 Å². The summed E-state index contributed by atoms with van der Waals surface area (Å²) in [6.45, 7) is 6.81. The van der Waals surface area contributed by atoms with Crippen LogP contribution in [0.2, 0.25) is 0 Å². The predicted octanol–water partition coefficient (Wildman–Crippen LogP) is 1.98. The average Bonchev–Trinajstić information content (AvgIpc) is 2.78. The molecule has 0 fully saturated rings. The van der Waals surface area contributed by atoms with E-state index in [1.54, 1.807) is 0 Å². The van der Waals surface area contributed by atoms with Gasteiger partial charge in [0.1, 0.15) is 5.00 Å². The summed E-state index contributed by atoms with van der Waals surface area (Å²) in [6, 6.07) is 1.83. The number of carbonyl (C=O) groups is 2. The Bertz CT molecular complexity index is 469. The van der Waals surface area contributed by atoms with Crippen molar-refractivity contribution < 1.29 is 9.59 Å². The van der Waals surface area contributed by atoms with Gasteiger partial charge in [0.05, 0.1) is 5.56 Å². The van der Waals surface area contributed by atoms with Crippen LogP contribution in [-0.2, 0) is 11.2 Å². The van der Waals surface area contributed by atoms with E-state index in [1.165, 1.54) is 11.3 Å². The van der Waals surface area contributed by atoms with Gasteiger partial charge in [0, 0.05) is 24.4 Å². The van der Waals surface area contributed by atoms with Crippen LogP contribution in [0.4, 0.5) is 5.00 Å². The van der Waals surface area contributed by atoms with Crippen LogP contribution in [0.1, 0.15) is 42.4 Å².